The highest BCUT2D eigenvalue weighted by Crippen LogP contribution is 2.21. The number of unbranched alkanes of at least 4 members (excludes halogenated alkanes) is 17. The number of hydrogen-bond donors (Lipinski definition) is 1. The van der Waals surface area contributed by atoms with Crippen molar-refractivity contribution in [2.45, 2.75) is 154 Å². The van der Waals surface area contributed by atoms with E-state index in [0.29, 0.717) is 32.4 Å². The Balaban J connectivity index is 1.48. The molecule has 0 spiro atoms. The number of nitrogens with zero attached hydrogens (tertiary/aromatic N) is 3. The summed E-state index contributed by atoms with van der Waals surface area (Å²) < 4.78 is 25.0. The average Bonchev–Trinajstić information content (AvgIpc) is 3.56. The van der Waals surface area contributed by atoms with Gasteiger partial charge in [0.2, 0.25) is 0 Å². The maximum Gasteiger partial charge on any atom is 0.316 e. The Hall–Kier alpha value is -1.81. The van der Waals surface area contributed by atoms with Crippen LogP contribution >= 0.6 is 0 Å². The first-order chi connectivity index (χ1) is 23.6. The lowest BCUT2D eigenvalue weighted by Crippen LogP contribution is -2.48. The first-order valence-electron chi connectivity index (χ1n) is 19.9. The first kappa shape index (κ1) is 42.4. The second-order valence-corrected chi connectivity index (χ2v) is 14.0. The largest absolute Gasteiger partial charge is 0.481 e. The van der Waals surface area contributed by atoms with Crippen LogP contribution in [0.2, 0.25) is 0 Å². The number of likely N-dealkylation sites (tertiary alicyclic amines) is 1. The predicted octanol–water partition coefficient (Wildman–Crippen LogP) is 8.79. The van der Waals surface area contributed by atoms with Crippen molar-refractivity contribution in [2.24, 2.45) is 0 Å². The third-order valence-electron chi connectivity index (χ3n) is 9.68. The molecular formula is C39H72N3O6+. The van der Waals surface area contributed by atoms with Crippen molar-refractivity contribution in [1.29, 1.82) is 0 Å². The van der Waals surface area contributed by atoms with E-state index >= 15 is 0 Å². The van der Waals surface area contributed by atoms with E-state index in [1.54, 1.807) is 18.5 Å². The molecule has 1 aromatic rings. The van der Waals surface area contributed by atoms with Crippen LogP contribution in [0.1, 0.15) is 148 Å². The molecule has 0 aromatic carbocycles. The van der Waals surface area contributed by atoms with E-state index in [-0.39, 0.29) is 12.5 Å². The Morgan fingerprint density at radius 3 is 1.77 bits per heavy atom. The van der Waals surface area contributed by atoms with Crippen LogP contribution in [0.3, 0.4) is 0 Å². The van der Waals surface area contributed by atoms with Gasteiger partial charge in [-0.15, -0.1) is 0 Å². The molecular weight excluding hydrogens is 606 g/mol. The zero-order valence-electron chi connectivity index (χ0n) is 30.8. The van der Waals surface area contributed by atoms with E-state index in [0.717, 1.165) is 56.5 Å². The van der Waals surface area contributed by atoms with Crippen molar-refractivity contribution in [3.8, 4) is 6.01 Å². The summed E-state index contributed by atoms with van der Waals surface area (Å²) >= 11 is 0. The quantitative estimate of drug-likeness (QED) is 0.0562. The highest BCUT2D eigenvalue weighted by atomic mass is 16.6. The summed E-state index contributed by atoms with van der Waals surface area (Å²) in [5.41, 5.74) is 0. The van der Waals surface area contributed by atoms with Gasteiger partial charge in [-0.25, -0.2) is 9.97 Å². The lowest BCUT2D eigenvalue weighted by Gasteiger charge is -2.34. The smallest absolute Gasteiger partial charge is 0.316 e. The maximum absolute atomic E-state index is 10.8. The van der Waals surface area contributed by atoms with E-state index in [1.165, 1.54) is 122 Å². The number of carbonyl (C=O) groups is 1. The fourth-order valence-corrected chi connectivity index (χ4v) is 6.74. The zero-order chi connectivity index (χ0) is 34.2. The molecule has 9 heteroatoms. The molecule has 0 amide bonds. The van der Waals surface area contributed by atoms with Crippen LogP contribution in [0.5, 0.6) is 6.01 Å². The highest BCUT2D eigenvalue weighted by molar-refractivity contribution is 5.66. The van der Waals surface area contributed by atoms with E-state index in [2.05, 4.69) is 16.9 Å². The van der Waals surface area contributed by atoms with Crippen molar-refractivity contribution >= 4 is 5.97 Å². The Bertz CT molecular complexity index is 855. The molecule has 278 valence electrons. The topological polar surface area (TPSA) is 100 Å². The number of ether oxygens (including phenoxy) is 4. The van der Waals surface area contributed by atoms with Gasteiger partial charge in [0.25, 0.3) is 0 Å². The van der Waals surface area contributed by atoms with Crippen molar-refractivity contribution in [2.75, 3.05) is 65.8 Å². The second-order valence-electron chi connectivity index (χ2n) is 14.0. The number of aliphatic carboxylic acids is 1. The summed E-state index contributed by atoms with van der Waals surface area (Å²) in [6, 6.07) is 2.12. The summed E-state index contributed by atoms with van der Waals surface area (Å²) in [5.74, 6) is -0.694. The maximum atomic E-state index is 10.8. The van der Waals surface area contributed by atoms with Crippen molar-refractivity contribution < 1.29 is 33.3 Å². The predicted molar refractivity (Wildman–Crippen MR) is 194 cm³/mol. The van der Waals surface area contributed by atoms with E-state index < -0.39 is 5.97 Å². The summed E-state index contributed by atoms with van der Waals surface area (Å²) in [4.78, 5) is 19.2. The van der Waals surface area contributed by atoms with E-state index in [9.17, 15) is 4.79 Å². The van der Waals surface area contributed by atoms with Crippen LogP contribution in [0, 0.1) is 0 Å². The Labute approximate surface area is 293 Å². The summed E-state index contributed by atoms with van der Waals surface area (Å²) in [6.07, 6.45) is 30.5. The molecule has 1 fully saturated rings. The molecule has 1 aromatic heterocycles. The molecule has 1 saturated heterocycles. The Morgan fingerprint density at radius 1 is 0.667 bits per heavy atom. The molecule has 0 unspecified atom stereocenters. The molecule has 0 aliphatic carbocycles. The molecule has 9 nitrogen and oxygen atoms in total. The van der Waals surface area contributed by atoms with E-state index in [4.69, 9.17) is 24.1 Å². The van der Waals surface area contributed by atoms with Crippen LogP contribution in [0.4, 0.5) is 0 Å². The van der Waals surface area contributed by atoms with Gasteiger partial charge >= 0.3 is 12.0 Å². The van der Waals surface area contributed by atoms with Crippen LogP contribution in [0.25, 0.3) is 0 Å². The number of rotatable bonds is 35. The second kappa shape index (κ2) is 30.1. The summed E-state index contributed by atoms with van der Waals surface area (Å²) in [5, 5.41) is 8.86. The third kappa shape index (κ3) is 23.5. The number of hydrogen-bond acceptors (Lipinski definition) is 7. The van der Waals surface area contributed by atoms with Crippen LogP contribution < -0.4 is 4.74 Å². The minimum absolute atomic E-state index is 0.270. The minimum Gasteiger partial charge on any atom is -0.481 e. The van der Waals surface area contributed by atoms with Gasteiger partial charge in [0.15, 0.2) is 0 Å². The normalized spacial score (nSPS) is 14.8. The third-order valence-corrected chi connectivity index (χ3v) is 9.68. The fraction of sp³-hybridized carbons (Fsp3) is 0.872. The Morgan fingerprint density at radius 2 is 1.19 bits per heavy atom. The van der Waals surface area contributed by atoms with Crippen LogP contribution in [0.15, 0.2) is 18.5 Å². The van der Waals surface area contributed by atoms with Gasteiger partial charge in [0.05, 0.1) is 52.7 Å². The van der Waals surface area contributed by atoms with Gasteiger partial charge in [0.1, 0.15) is 12.6 Å². The zero-order valence-corrected chi connectivity index (χ0v) is 30.8. The number of carboxylic acids is 1. The van der Waals surface area contributed by atoms with E-state index in [1.807, 2.05) is 0 Å². The highest BCUT2D eigenvalue weighted by Gasteiger charge is 2.30. The van der Waals surface area contributed by atoms with Crippen molar-refractivity contribution in [1.82, 2.24) is 9.97 Å². The van der Waals surface area contributed by atoms with Crippen LogP contribution in [-0.2, 0) is 19.0 Å². The first-order valence-corrected chi connectivity index (χ1v) is 19.9. The van der Waals surface area contributed by atoms with Gasteiger partial charge in [-0.1, -0.05) is 103 Å². The van der Waals surface area contributed by atoms with Crippen LogP contribution in [-0.4, -0.2) is 97.5 Å². The molecule has 0 saturated carbocycles. The molecule has 2 heterocycles. The molecule has 2 rings (SSSR count). The average molecular weight is 679 g/mol. The molecule has 0 radical (unpaired) electrons. The SMILES string of the molecule is CCCCCCCCCCCCCCCCCCOC[C@@H](COCCOCC[N+]1(CCCCCC(=O)O)CCCC1)Oc1ncccn1. The molecule has 1 aliphatic heterocycles. The summed E-state index contributed by atoms with van der Waals surface area (Å²) in [6.45, 7) is 10.2. The number of aromatic nitrogens is 2. The Kier molecular flexibility index (Phi) is 26.5. The van der Waals surface area contributed by atoms with Crippen molar-refractivity contribution in [3.05, 3.63) is 18.5 Å². The van der Waals surface area contributed by atoms with Crippen molar-refractivity contribution in [3.63, 3.8) is 0 Å². The fourth-order valence-electron chi connectivity index (χ4n) is 6.74. The lowest BCUT2D eigenvalue weighted by molar-refractivity contribution is -0.917. The van der Waals surface area contributed by atoms with Gasteiger partial charge in [-0.2, -0.15) is 0 Å². The molecule has 0 bridgehead atoms. The lowest BCUT2D eigenvalue weighted by atomic mass is 10.0. The molecule has 48 heavy (non-hydrogen) atoms. The minimum atomic E-state index is -0.694. The number of carboxylic acid groups (broad SMARTS) is 1. The van der Waals surface area contributed by atoms with Gasteiger partial charge in [-0.05, 0) is 31.7 Å². The molecule has 1 N–H and O–H groups in total. The van der Waals surface area contributed by atoms with Gasteiger partial charge < -0.3 is 28.5 Å². The molecule has 1 atom stereocenters. The monoisotopic (exact) mass is 679 g/mol. The van der Waals surface area contributed by atoms with Gasteiger partial charge in [0, 0.05) is 38.3 Å². The number of quaternary nitrogens is 1. The van der Waals surface area contributed by atoms with Gasteiger partial charge in [-0.3, -0.25) is 4.79 Å². The standard InChI is InChI=1S/C39H71N3O6/c1-2-3-4-5-6-7-8-9-10-11-12-13-14-15-16-22-31-46-35-37(48-39-40-25-23-26-41-39)36-47-34-33-45-32-30-42(28-20-21-29-42)27-19-17-18-24-38(43)44/h23,25-26,37H,2-22,24,27-36H2,1H3/p+1/t37-/m0/s1. The molecule has 1 aliphatic rings. The summed E-state index contributed by atoms with van der Waals surface area (Å²) in [7, 11) is 0.